The molecule has 0 aliphatic carbocycles. The van der Waals surface area contributed by atoms with Gasteiger partial charge in [0.05, 0.1) is 12.7 Å². The van der Waals surface area contributed by atoms with Gasteiger partial charge in [-0.1, -0.05) is 0 Å². The van der Waals surface area contributed by atoms with Gasteiger partial charge in [-0.15, -0.1) is 0 Å². The SMILES string of the molecule is COC(=O)c1ccc(NC(=O)C(CCC(=O)O)NC(=O)C(F)(F)F)cc1. The molecule has 1 aromatic carbocycles. The van der Waals surface area contributed by atoms with Crippen LogP contribution in [0.1, 0.15) is 23.2 Å². The number of hydrogen-bond donors (Lipinski definition) is 3. The first kappa shape index (κ1) is 20.9. The van der Waals surface area contributed by atoms with Crippen LogP contribution in [0.5, 0.6) is 0 Å². The van der Waals surface area contributed by atoms with E-state index in [-0.39, 0.29) is 11.3 Å². The number of carboxylic acid groups (broad SMARTS) is 1. The Hall–Kier alpha value is -3.11. The van der Waals surface area contributed by atoms with Gasteiger partial charge in [-0.25, -0.2) is 4.79 Å². The smallest absolute Gasteiger partial charge is 0.471 e. The molecule has 0 aliphatic heterocycles. The van der Waals surface area contributed by atoms with Crippen LogP contribution in [-0.2, 0) is 19.1 Å². The highest BCUT2D eigenvalue weighted by atomic mass is 19.4. The average Bonchev–Trinajstić information content (AvgIpc) is 2.57. The van der Waals surface area contributed by atoms with E-state index in [9.17, 15) is 32.3 Å². The number of carbonyl (C=O) groups excluding carboxylic acids is 3. The Labute approximate surface area is 145 Å². The lowest BCUT2D eigenvalue weighted by Crippen LogP contribution is -2.48. The van der Waals surface area contributed by atoms with Crippen LogP contribution in [0.15, 0.2) is 24.3 Å². The first-order chi connectivity index (χ1) is 12.0. The number of anilines is 1. The molecule has 0 aliphatic rings. The predicted molar refractivity (Wildman–Crippen MR) is 81.3 cm³/mol. The molecule has 0 aromatic heterocycles. The summed E-state index contributed by atoms with van der Waals surface area (Å²) in [6.07, 6.45) is -6.38. The lowest BCUT2D eigenvalue weighted by atomic mass is 10.1. The second-order valence-corrected chi connectivity index (χ2v) is 5.01. The number of benzene rings is 1. The van der Waals surface area contributed by atoms with Gasteiger partial charge in [0.1, 0.15) is 6.04 Å². The molecule has 11 heteroatoms. The van der Waals surface area contributed by atoms with E-state index >= 15 is 0 Å². The van der Waals surface area contributed by atoms with Crippen LogP contribution in [0.25, 0.3) is 0 Å². The number of carboxylic acids is 1. The maximum absolute atomic E-state index is 12.3. The van der Waals surface area contributed by atoms with Gasteiger partial charge in [0.25, 0.3) is 0 Å². The summed E-state index contributed by atoms with van der Waals surface area (Å²) in [6.45, 7) is 0. The summed E-state index contributed by atoms with van der Waals surface area (Å²) >= 11 is 0. The Morgan fingerprint density at radius 3 is 2.19 bits per heavy atom. The highest BCUT2D eigenvalue weighted by molar-refractivity contribution is 5.98. The van der Waals surface area contributed by atoms with Crippen molar-refractivity contribution >= 4 is 29.4 Å². The molecule has 0 radical (unpaired) electrons. The first-order valence-corrected chi connectivity index (χ1v) is 7.13. The highest BCUT2D eigenvalue weighted by Gasteiger charge is 2.40. The van der Waals surface area contributed by atoms with Gasteiger partial charge in [0, 0.05) is 12.1 Å². The molecule has 2 amide bonds. The standard InChI is InChI=1S/C15H15F3N2O6/c1-26-13(24)8-2-4-9(5-3-8)19-12(23)10(6-7-11(21)22)20-14(25)15(16,17)18/h2-5,10H,6-7H2,1H3,(H,19,23)(H,20,25)(H,21,22). The third-order valence-corrected chi connectivity index (χ3v) is 3.10. The lowest BCUT2D eigenvalue weighted by molar-refractivity contribution is -0.174. The van der Waals surface area contributed by atoms with Gasteiger partial charge in [0.15, 0.2) is 0 Å². The molecule has 26 heavy (non-hydrogen) atoms. The minimum absolute atomic E-state index is 0.129. The van der Waals surface area contributed by atoms with Gasteiger partial charge >= 0.3 is 24.0 Å². The fourth-order valence-corrected chi connectivity index (χ4v) is 1.81. The Morgan fingerprint density at radius 1 is 1.15 bits per heavy atom. The topological polar surface area (TPSA) is 122 Å². The van der Waals surface area contributed by atoms with Crippen LogP contribution in [0.4, 0.5) is 18.9 Å². The molecule has 0 fully saturated rings. The lowest BCUT2D eigenvalue weighted by Gasteiger charge is -2.18. The Bertz CT molecular complexity index is 688. The molecule has 0 saturated carbocycles. The molecule has 1 rings (SSSR count). The molecular formula is C15H15F3N2O6. The van der Waals surface area contributed by atoms with E-state index < -0.39 is 48.8 Å². The number of methoxy groups -OCH3 is 1. The molecule has 0 spiro atoms. The van der Waals surface area contributed by atoms with Crippen LogP contribution in [0.3, 0.4) is 0 Å². The van der Waals surface area contributed by atoms with Crippen molar-refractivity contribution < 1.29 is 42.2 Å². The van der Waals surface area contributed by atoms with Crippen molar-refractivity contribution in [2.75, 3.05) is 12.4 Å². The monoisotopic (exact) mass is 376 g/mol. The minimum Gasteiger partial charge on any atom is -0.481 e. The van der Waals surface area contributed by atoms with Crippen LogP contribution >= 0.6 is 0 Å². The molecule has 0 saturated heterocycles. The number of ether oxygens (including phenoxy) is 1. The maximum atomic E-state index is 12.3. The van der Waals surface area contributed by atoms with Crippen LogP contribution in [0, 0.1) is 0 Å². The summed E-state index contributed by atoms with van der Waals surface area (Å²) in [4.78, 5) is 45.0. The summed E-state index contributed by atoms with van der Waals surface area (Å²) in [5, 5.41) is 12.3. The van der Waals surface area contributed by atoms with Gasteiger partial charge in [0.2, 0.25) is 5.91 Å². The molecule has 1 unspecified atom stereocenters. The number of carbonyl (C=O) groups is 4. The van der Waals surface area contributed by atoms with E-state index in [1.165, 1.54) is 36.7 Å². The highest BCUT2D eigenvalue weighted by Crippen LogP contribution is 2.16. The zero-order chi connectivity index (χ0) is 19.9. The van der Waals surface area contributed by atoms with Crippen molar-refractivity contribution in [2.45, 2.75) is 25.1 Å². The molecular weight excluding hydrogens is 361 g/mol. The number of amides is 2. The summed E-state index contributed by atoms with van der Waals surface area (Å²) in [5.74, 6) is -5.36. The zero-order valence-corrected chi connectivity index (χ0v) is 13.4. The number of alkyl halides is 3. The normalized spacial score (nSPS) is 12.0. The zero-order valence-electron chi connectivity index (χ0n) is 13.4. The fourth-order valence-electron chi connectivity index (χ4n) is 1.81. The van der Waals surface area contributed by atoms with Crippen LogP contribution < -0.4 is 10.6 Å². The van der Waals surface area contributed by atoms with Crippen molar-refractivity contribution in [3.63, 3.8) is 0 Å². The van der Waals surface area contributed by atoms with Crippen molar-refractivity contribution in [3.8, 4) is 0 Å². The number of hydrogen-bond acceptors (Lipinski definition) is 5. The Morgan fingerprint density at radius 2 is 1.73 bits per heavy atom. The van der Waals surface area contributed by atoms with Gasteiger partial charge in [-0.2, -0.15) is 13.2 Å². The summed E-state index contributed by atoms with van der Waals surface area (Å²) < 4.78 is 41.5. The van der Waals surface area contributed by atoms with E-state index in [1.807, 2.05) is 0 Å². The number of aliphatic carboxylic acids is 1. The van der Waals surface area contributed by atoms with E-state index in [2.05, 4.69) is 10.1 Å². The molecule has 142 valence electrons. The van der Waals surface area contributed by atoms with E-state index in [4.69, 9.17) is 5.11 Å². The van der Waals surface area contributed by atoms with Crippen molar-refractivity contribution in [2.24, 2.45) is 0 Å². The minimum atomic E-state index is -5.22. The third-order valence-electron chi connectivity index (χ3n) is 3.10. The fraction of sp³-hybridized carbons (Fsp3) is 0.333. The van der Waals surface area contributed by atoms with Gasteiger partial charge < -0.3 is 20.5 Å². The number of rotatable bonds is 7. The van der Waals surface area contributed by atoms with Gasteiger partial charge in [-0.05, 0) is 30.7 Å². The molecule has 0 heterocycles. The maximum Gasteiger partial charge on any atom is 0.471 e. The van der Waals surface area contributed by atoms with Crippen LogP contribution in [-0.4, -0.2) is 48.2 Å². The molecule has 3 N–H and O–H groups in total. The number of halogens is 3. The van der Waals surface area contributed by atoms with Gasteiger partial charge in [-0.3, -0.25) is 14.4 Å². The third kappa shape index (κ3) is 6.42. The molecule has 8 nitrogen and oxygen atoms in total. The average molecular weight is 376 g/mol. The predicted octanol–water partition coefficient (Wildman–Crippen LogP) is 1.32. The Balaban J connectivity index is 2.85. The molecule has 1 aromatic rings. The summed E-state index contributed by atoms with van der Waals surface area (Å²) in [5.41, 5.74) is 0.308. The van der Waals surface area contributed by atoms with Crippen molar-refractivity contribution in [1.29, 1.82) is 0 Å². The first-order valence-electron chi connectivity index (χ1n) is 7.13. The largest absolute Gasteiger partial charge is 0.481 e. The summed E-state index contributed by atoms with van der Waals surface area (Å²) in [6, 6.07) is 3.50. The van der Waals surface area contributed by atoms with Crippen molar-refractivity contribution in [3.05, 3.63) is 29.8 Å². The second kappa shape index (κ2) is 8.83. The van der Waals surface area contributed by atoms with E-state index in [1.54, 1.807) is 0 Å². The second-order valence-electron chi connectivity index (χ2n) is 5.01. The van der Waals surface area contributed by atoms with E-state index in [0.29, 0.717) is 0 Å². The quantitative estimate of drug-likeness (QED) is 0.617. The number of nitrogens with one attached hydrogen (secondary N) is 2. The number of esters is 1. The van der Waals surface area contributed by atoms with Crippen LogP contribution in [0.2, 0.25) is 0 Å². The Kier molecular flexibility index (Phi) is 7.11. The summed E-state index contributed by atoms with van der Waals surface area (Å²) in [7, 11) is 1.17. The van der Waals surface area contributed by atoms with E-state index in [0.717, 1.165) is 0 Å². The molecule has 1 atom stereocenters. The van der Waals surface area contributed by atoms with Crippen molar-refractivity contribution in [1.82, 2.24) is 5.32 Å². The molecule has 0 bridgehead atoms.